The molecule has 4 rings (SSSR count). The number of allylic oxidation sites excluding steroid dienone is 1. The molecule has 0 saturated heterocycles. The number of esters is 1. The summed E-state index contributed by atoms with van der Waals surface area (Å²) in [5.41, 5.74) is 2.56. The predicted molar refractivity (Wildman–Crippen MR) is 291 cm³/mol. The first-order valence-corrected chi connectivity index (χ1v) is 22.1. The molecule has 0 radical (unpaired) electrons. The first kappa shape index (κ1) is 84.6. The molecular weight excluding hydrogens is 1180 g/mol. The molecule has 0 aromatic carbocycles. The molecule has 0 unspecified atom stereocenters. The Kier molecular flexibility index (Phi) is 50.8. The Labute approximate surface area is 490 Å². The Bertz CT molecular complexity index is 2670. The van der Waals surface area contributed by atoms with Crippen molar-refractivity contribution in [1.29, 1.82) is 5.31 Å². The number of hydrogen-bond acceptors (Lipinski definition) is 18. The summed E-state index contributed by atoms with van der Waals surface area (Å²) in [4.78, 5) is 127. The number of aryl methyl sites for hydroxylation is 2. The zero-order chi connectivity index (χ0) is 57.8. The second-order valence-corrected chi connectivity index (χ2v) is 15.2. The van der Waals surface area contributed by atoms with Gasteiger partial charge in [-0.3, -0.25) is 53.8 Å². The summed E-state index contributed by atoms with van der Waals surface area (Å²) >= 11 is 5.47. The predicted octanol–water partition coefficient (Wildman–Crippen LogP) is 4.67. The monoisotopic (exact) mass is 1240 g/mol. The van der Waals surface area contributed by atoms with E-state index in [9.17, 15) is 68.2 Å². The zero-order valence-electron chi connectivity index (χ0n) is 42.5. The van der Waals surface area contributed by atoms with Crippen molar-refractivity contribution in [3.8, 4) is 0 Å². The number of nitro groups is 2. The second-order valence-electron chi connectivity index (χ2n) is 13.8. The van der Waals surface area contributed by atoms with Gasteiger partial charge < -0.3 is 45.3 Å². The van der Waals surface area contributed by atoms with Gasteiger partial charge in [0.25, 0.3) is 11.4 Å². The standard InChI is InChI=1S/C11H13NO4.C9H10N2O4.C9H11NO3.C6H6N2O3.C4H3BrO3.C3H6O.C2H3BBrNO2.3CH4.Na.H/c1-3-4-16-11(15)9-5-8(2)6-12(9)7-10(13)14;1-6(12)4-10-5-8(11(14)15)3-9(10)7(2)13;1-6-3-8(7(2)11)10(4-6)5-9(12)13;1-4(9)6-2-5(3-7-6)8(10)11;5-3(1-2-6)4(7)8;1-2-3-4;4-1-2(6)7-3-5;;;;;/h3,5-6H,1,4,7H2,2H3,(H,13,14);3,5H,4H2,1-2H3;3-4H,5H2,1-2H3,(H,12,13);2-3,7H,1H3;1-2H,(H,7,8);2,4H,1,3H2;5H,1H2;3*1H4;;/q;;;;;;;;;;+1;-1/b;;;;3-1-;;;;;;;. The Morgan fingerprint density at radius 2 is 1.19 bits per heavy atom. The van der Waals surface area contributed by atoms with Crippen LogP contribution < -0.4 is 29.6 Å². The van der Waals surface area contributed by atoms with Gasteiger partial charge in [0.05, 0.1) is 52.5 Å². The van der Waals surface area contributed by atoms with Crippen molar-refractivity contribution in [3.05, 3.63) is 139 Å². The molecule has 0 atom stereocenters. The number of aromatic nitrogens is 4. The van der Waals surface area contributed by atoms with Crippen LogP contribution >= 0.6 is 31.9 Å². The van der Waals surface area contributed by atoms with Crippen molar-refractivity contribution < 1.29 is 119 Å². The normalized spacial score (nSPS) is 9.01. The number of aromatic amines is 1. The van der Waals surface area contributed by atoms with Crippen LogP contribution in [0.4, 0.5) is 11.4 Å². The van der Waals surface area contributed by atoms with E-state index in [1.165, 1.54) is 78.1 Å². The smallest absolute Gasteiger partial charge is 1.00 e. The summed E-state index contributed by atoms with van der Waals surface area (Å²) in [6.45, 7) is 15.4. The third-order valence-corrected chi connectivity index (χ3v) is 8.59. The van der Waals surface area contributed by atoms with Crippen LogP contribution in [-0.2, 0) is 57.8 Å². The van der Waals surface area contributed by atoms with Crippen molar-refractivity contribution in [2.24, 2.45) is 0 Å². The average Bonchev–Trinajstić information content (AvgIpc) is 4.13. The van der Waals surface area contributed by atoms with E-state index in [0.717, 1.165) is 17.2 Å². The largest absolute Gasteiger partial charge is 1.00 e. The summed E-state index contributed by atoms with van der Waals surface area (Å²) in [5, 5.41) is 60.0. The number of ketones is 4. The minimum absolute atomic E-state index is 0. The summed E-state index contributed by atoms with van der Waals surface area (Å²) in [7, 11) is 0.601. The van der Waals surface area contributed by atoms with E-state index < -0.39 is 39.7 Å². The van der Waals surface area contributed by atoms with Crippen LogP contribution in [0, 0.1) is 39.4 Å². The van der Waals surface area contributed by atoms with E-state index in [0.29, 0.717) is 19.3 Å². The molecule has 4 aromatic rings. The zero-order valence-corrected chi connectivity index (χ0v) is 46.6. The maximum atomic E-state index is 11.5. The van der Waals surface area contributed by atoms with Crippen LogP contribution in [0.15, 0.2) is 84.9 Å². The Hall–Kier alpha value is -7.38. The van der Waals surface area contributed by atoms with Gasteiger partial charge in [-0.2, -0.15) is 0 Å². The number of rotatable bonds is 19. The molecule has 78 heavy (non-hydrogen) atoms. The van der Waals surface area contributed by atoms with Gasteiger partial charge in [-0.1, -0.05) is 41.0 Å². The molecule has 0 saturated carbocycles. The maximum Gasteiger partial charge on any atom is 1.00 e. The molecule has 0 bridgehead atoms. The molecule has 0 aliphatic heterocycles. The summed E-state index contributed by atoms with van der Waals surface area (Å²) in [6.07, 6.45) is 9.84. The van der Waals surface area contributed by atoms with Gasteiger partial charge in [-0.15, -0.1) is 6.58 Å². The molecule has 31 heteroatoms. The molecule has 0 spiro atoms. The van der Waals surface area contributed by atoms with E-state index >= 15 is 0 Å². The van der Waals surface area contributed by atoms with Gasteiger partial charge in [-0.05, 0) is 66.0 Å². The number of H-pyrrole nitrogens is 1. The van der Waals surface area contributed by atoms with E-state index in [-0.39, 0.29) is 148 Å². The summed E-state index contributed by atoms with van der Waals surface area (Å²) in [5.74, 6) is -4.88. The Morgan fingerprint density at radius 1 is 0.756 bits per heavy atom. The van der Waals surface area contributed by atoms with Gasteiger partial charge in [-0.25, -0.2) is 9.59 Å². The van der Waals surface area contributed by atoms with Crippen LogP contribution in [0.2, 0.25) is 0 Å². The molecule has 4 aromatic heterocycles. The van der Waals surface area contributed by atoms with Crippen LogP contribution in [-0.4, -0.2) is 134 Å². The van der Waals surface area contributed by atoms with Crippen molar-refractivity contribution in [2.75, 3.05) is 18.5 Å². The molecule has 0 aliphatic carbocycles. The third-order valence-electron chi connectivity index (χ3n) is 7.53. The number of aliphatic hydroxyl groups excluding tert-OH is 1. The van der Waals surface area contributed by atoms with Gasteiger partial charge >= 0.3 is 103 Å². The molecule has 0 aliphatic rings. The van der Waals surface area contributed by atoms with Crippen LogP contribution in [0.3, 0.4) is 0 Å². The first-order valence-electron chi connectivity index (χ1n) is 20.2. The first-order chi connectivity index (χ1) is 34.5. The molecule has 6 N–H and O–H groups in total. The maximum absolute atomic E-state index is 11.5. The van der Waals surface area contributed by atoms with Crippen molar-refractivity contribution >= 4 is 110 Å². The van der Waals surface area contributed by atoms with Crippen LogP contribution in [0.1, 0.15) is 104 Å². The molecule has 426 valence electrons. The van der Waals surface area contributed by atoms with E-state index in [1.54, 1.807) is 31.5 Å². The quantitative estimate of drug-likeness (QED) is 0.00855. The summed E-state index contributed by atoms with van der Waals surface area (Å²) < 4.78 is 12.8. The number of carbonyl (C=O) groups excluding carboxylic acids is 7. The van der Waals surface area contributed by atoms with Crippen LogP contribution in [0.5, 0.6) is 0 Å². The number of carboxylic acids is 3. The second kappa shape index (κ2) is 46.9. The molecule has 0 fully saturated rings. The number of carboxylic acid groups (broad SMARTS) is 3. The SMILES string of the molecule is C.C.C.C=CCO.C=CCOC(=O)c1cc(C)cn1CC(=O)O.CC(=O)Cn1cc([N+](=O)[O-])cc1C(C)=O.CC(=O)c1cc(C)cn1CC(=O)O.CC(=O)c1cc([N+](=O)[O-])c[nH]1.N=BOC(=O)CBr.O=C/C=C(\Br)C(=O)O.[H-].[Na+]. The number of ether oxygens (including phenoxy) is 1. The fraction of sp³-hybridized carbons (Fsp3) is 0.319. The molecule has 27 nitrogen and oxygen atoms in total. The fourth-order valence-corrected chi connectivity index (χ4v) is 4.97. The number of hydrogen-bond donors (Lipinski definition) is 6. The van der Waals surface area contributed by atoms with Crippen molar-refractivity contribution in [1.82, 2.24) is 18.7 Å². The van der Waals surface area contributed by atoms with Gasteiger partial charge in [0, 0.05) is 45.3 Å². The number of alkyl halides is 1. The minimum atomic E-state index is -1.14. The van der Waals surface area contributed by atoms with E-state index in [2.05, 4.69) is 54.7 Å². The number of aliphatic carboxylic acids is 3. The minimum Gasteiger partial charge on any atom is -1.00 e. The number of nitrogens with zero attached hydrogens (tertiary/aromatic N) is 5. The van der Waals surface area contributed by atoms with Crippen molar-refractivity contribution in [2.45, 2.75) is 83.5 Å². The van der Waals surface area contributed by atoms with E-state index in [4.69, 9.17) is 30.5 Å². The van der Waals surface area contributed by atoms with E-state index in [1.807, 2.05) is 6.92 Å². The number of Topliss-reactive ketones (excluding diaryl/α,β-unsaturated/α-hetero) is 4. The average molecular weight is 1240 g/mol. The van der Waals surface area contributed by atoms with Gasteiger partial charge in [0.15, 0.2) is 17.3 Å². The van der Waals surface area contributed by atoms with Gasteiger partial charge in [0.1, 0.15) is 41.9 Å². The summed E-state index contributed by atoms with van der Waals surface area (Å²) in [6, 6.07) is 5.66. The topological polar surface area (TPSA) is 411 Å². The van der Waals surface area contributed by atoms with Gasteiger partial charge in [0.2, 0.25) is 0 Å². The number of halogens is 2. The Morgan fingerprint density at radius 3 is 1.49 bits per heavy atom. The van der Waals surface area contributed by atoms with Crippen LogP contribution in [0.25, 0.3) is 0 Å². The third kappa shape index (κ3) is 38.2. The molecule has 4 heterocycles. The Balaban J connectivity index is -0.000000126. The molecular formula is C47H65BBr2N7NaO20. The van der Waals surface area contributed by atoms with Crippen molar-refractivity contribution in [3.63, 3.8) is 0 Å². The fourth-order valence-electron chi connectivity index (χ4n) is 4.73. The molecule has 0 amide bonds. The number of carbonyl (C=O) groups is 10. The number of aliphatic hydroxyl groups is 1. The number of nitrogens with one attached hydrogen (secondary N) is 2. The number of aldehydes is 1.